The minimum atomic E-state index is -3.58. The molecule has 0 aromatic heterocycles. The fraction of sp³-hybridized carbons (Fsp3) is 0. The zero-order chi connectivity index (χ0) is 11.6. The van der Waals surface area contributed by atoms with E-state index in [0.29, 0.717) is 5.69 Å². The van der Waals surface area contributed by atoms with Gasteiger partial charge in [-0.2, -0.15) is 13.1 Å². The lowest BCUT2D eigenvalue weighted by atomic mass is 10.1. The van der Waals surface area contributed by atoms with Crippen molar-refractivity contribution in [3.63, 3.8) is 0 Å². The zero-order valence-electron chi connectivity index (χ0n) is 8.50. The van der Waals surface area contributed by atoms with E-state index < -0.39 is 10.0 Å². The summed E-state index contributed by atoms with van der Waals surface area (Å²) in [5.74, 6) is 0. The van der Waals surface area contributed by atoms with Gasteiger partial charge in [-0.05, 0) is 11.5 Å². The van der Waals surface area contributed by atoms with E-state index in [1.54, 1.807) is 12.1 Å². The summed E-state index contributed by atoms with van der Waals surface area (Å²) in [4.78, 5) is 0. The van der Waals surface area contributed by atoms with Crippen LogP contribution >= 0.6 is 0 Å². The van der Waals surface area contributed by atoms with Crippen LogP contribution in [0.3, 0.4) is 0 Å². The standard InChI is InChI=1S/C12H10NO2S/c1-2-16(14,15)13-12-9-5-7-10-6-3-4-8-11(10)12/h2-9H,1H2. The predicted octanol–water partition coefficient (Wildman–Crippen LogP) is 2.55. The van der Waals surface area contributed by atoms with Gasteiger partial charge in [-0.3, -0.25) is 0 Å². The molecule has 0 unspecified atom stereocenters. The molecule has 0 aliphatic carbocycles. The first kappa shape index (κ1) is 10.7. The Bertz CT molecular complexity index is 627. The second kappa shape index (κ2) is 3.98. The number of hydrogen-bond acceptors (Lipinski definition) is 2. The molecule has 1 radical (unpaired) electrons. The summed E-state index contributed by atoms with van der Waals surface area (Å²) in [6.07, 6.45) is 0. The van der Waals surface area contributed by atoms with Gasteiger partial charge in [-0.1, -0.05) is 43.0 Å². The highest BCUT2D eigenvalue weighted by Gasteiger charge is 2.09. The van der Waals surface area contributed by atoms with Crippen LogP contribution in [-0.4, -0.2) is 8.42 Å². The molecule has 81 valence electrons. The van der Waals surface area contributed by atoms with Crippen molar-refractivity contribution in [2.24, 2.45) is 0 Å². The van der Waals surface area contributed by atoms with Gasteiger partial charge in [-0.25, -0.2) is 0 Å². The molecule has 16 heavy (non-hydrogen) atoms. The number of benzene rings is 2. The molecule has 0 heterocycles. The molecule has 0 atom stereocenters. The first-order valence-electron chi connectivity index (χ1n) is 4.70. The van der Waals surface area contributed by atoms with Gasteiger partial charge >= 0.3 is 0 Å². The molecule has 0 bridgehead atoms. The van der Waals surface area contributed by atoms with Gasteiger partial charge in [0.15, 0.2) is 0 Å². The molecule has 0 aliphatic rings. The molecular weight excluding hydrogens is 222 g/mol. The fourth-order valence-corrected chi connectivity index (χ4v) is 1.97. The van der Waals surface area contributed by atoms with Crippen molar-refractivity contribution in [1.29, 1.82) is 0 Å². The van der Waals surface area contributed by atoms with Gasteiger partial charge in [0.05, 0.1) is 5.69 Å². The van der Waals surface area contributed by atoms with Crippen LogP contribution in [0.25, 0.3) is 10.8 Å². The zero-order valence-corrected chi connectivity index (χ0v) is 9.31. The highest BCUT2D eigenvalue weighted by atomic mass is 32.2. The number of rotatable bonds is 3. The number of nitrogens with zero attached hydrogens (tertiary/aromatic N) is 1. The molecule has 0 N–H and O–H groups in total. The topological polar surface area (TPSA) is 48.2 Å². The molecule has 0 saturated carbocycles. The van der Waals surface area contributed by atoms with Crippen molar-refractivity contribution in [3.8, 4) is 0 Å². The first-order valence-corrected chi connectivity index (χ1v) is 6.21. The SMILES string of the molecule is C=CS(=O)(=O)[N]c1cccc2ccccc12. The average Bonchev–Trinajstić information content (AvgIpc) is 2.29. The minimum absolute atomic E-state index is 0.443. The smallest absolute Gasteiger partial charge is 0.200 e. The Hall–Kier alpha value is -1.81. The van der Waals surface area contributed by atoms with Gasteiger partial charge < -0.3 is 0 Å². The van der Waals surface area contributed by atoms with Crippen molar-refractivity contribution in [3.05, 3.63) is 54.5 Å². The Morgan fingerprint density at radius 3 is 2.50 bits per heavy atom. The van der Waals surface area contributed by atoms with Crippen LogP contribution in [0.1, 0.15) is 0 Å². The Balaban J connectivity index is 2.57. The van der Waals surface area contributed by atoms with Crippen LogP contribution in [0.2, 0.25) is 0 Å². The molecule has 2 aromatic carbocycles. The van der Waals surface area contributed by atoms with Crippen LogP contribution in [0.15, 0.2) is 54.5 Å². The van der Waals surface area contributed by atoms with Gasteiger partial charge in [0.25, 0.3) is 10.0 Å². The van der Waals surface area contributed by atoms with Gasteiger partial charge in [0.2, 0.25) is 0 Å². The van der Waals surface area contributed by atoms with Crippen molar-refractivity contribution in [2.75, 3.05) is 0 Å². The molecule has 0 amide bonds. The van der Waals surface area contributed by atoms with Crippen molar-refractivity contribution in [1.82, 2.24) is 4.72 Å². The molecule has 4 heteroatoms. The second-order valence-corrected chi connectivity index (χ2v) is 4.82. The lowest BCUT2D eigenvalue weighted by Gasteiger charge is -2.04. The van der Waals surface area contributed by atoms with Crippen molar-refractivity contribution < 1.29 is 8.42 Å². The summed E-state index contributed by atoms with van der Waals surface area (Å²) >= 11 is 0. The Morgan fingerprint density at radius 2 is 1.75 bits per heavy atom. The maximum atomic E-state index is 11.3. The van der Waals surface area contributed by atoms with Crippen LogP contribution in [0.4, 0.5) is 5.69 Å². The van der Waals surface area contributed by atoms with Gasteiger partial charge in [-0.15, -0.1) is 0 Å². The maximum absolute atomic E-state index is 11.3. The van der Waals surface area contributed by atoms with E-state index >= 15 is 0 Å². The highest BCUT2D eigenvalue weighted by molar-refractivity contribution is 7.92. The van der Waals surface area contributed by atoms with Crippen molar-refractivity contribution >= 4 is 26.5 Å². The Morgan fingerprint density at radius 1 is 1.06 bits per heavy atom. The molecule has 3 nitrogen and oxygen atoms in total. The van der Waals surface area contributed by atoms with E-state index in [-0.39, 0.29) is 0 Å². The molecule has 0 saturated heterocycles. The monoisotopic (exact) mass is 232 g/mol. The summed E-state index contributed by atoms with van der Waals surface area (Å²) in [5, 5.41) is 2.62. The van der Waals surface area contributed by atoms with Crippen LogP contribution in [0, 0.1) is 0 Å². The average molecular weight is 232 g/mol. The van der Waals surface area contributed by atoms with E-state index in [4.69, 9.17) is 0 Å². The normalized spacial score (nSPS) is 11.2. The van der Waals surface area contributed by atoms with E-state index in [1.165, 1.54) is 0 Å². The van der Waals surface area contributed by atoms with E-state index in [0.717, 1.165) is 16.2 Å². The van der Waals surface area contributed by atoms with E-state index in [2.05, 4.69) is 11.3 Å². The molecule has 0 spiro atoms. The summed E-state index contributed by atoms with van der Waals surface area (Å²) < 4.78 is 26.3. The number of hydrogen-bond donors (Lipinski definition) is 0. The molecular formula is C12H10NO2S. The third kappa shape index (κ3) is 2.06. The molecule has 0 fully saturated rings. The summed E-state index contributed by atoms with van der Waals surface area (Å²) in [6.45, 7) is 3.23. The maximum Gasteiger partial charge on any atom is 0.275 e. The number of fused-ring (bicyclic) bond motifs is 1. The Kier molecular flexibility index (Phi) is 2.66. The van der Waals surface area contributed by atoms with Crippen LogP contribution < -0.4 is 4.72 Å². The third-order valence-corrected chi connectivity index (χ3v) is 3.08. The molecule has 2 rings (SSSR count). The van der Waals surface area contributed by atoms with Crippen LogP contribution in [0.5, 0.6) is 0 Å². The summed E-state index contributed by atoms with van der Waals surface area (Å²) in [7, 11) is -3.58. The summed E-state index contributed by atoms with van der Waals surface area (Å²) in [6, 6.07) is 12.9. The predicted molar refractivity (Wildman–Crippen MR) is 64.9 cm³/mol. The highest BCUT2D eigenvalue weighted by Crippen LogP contribution is 2.24. The lowest BCUT2D eigenvalue weighted by molar-refractivity contribution is 0.599. The van der Waals surface area contributed by atoms with Gasteiger partial charge in [0, 0.05) is 10.8 Å². The largest absolute Gasteiger partial charge is 0.275 e. The summed E-state index contributed by atoms with van der Waals surface area (Å²) in [5.41, 5.74) is 0.443. The van der Waals surface area contributed by atoms with Crippen molar-refractivity contribution in [2.45, 2.75) is 0 Å². The van der Waals surface area contributed by atoms with Gasteiger partial charge in [0.1, 0.15) is 0 Å². The second-order valence-electron chi connectivity index (χ2n) is 3.27. The first-order chi connectivity index (χ1) is 7.62. The quantitative estimate of drug-likeness (QED) is 0.816. The Labute approximate surface area is 94.5 Å². The fourth-order valence-electron chi connectivity index (χ4n) is 1.46. The van der Waals surface area contributed by atoms with E-state index in [1.807, 2.05) is 30.3 Å². The third-order valence-electron chi connectivity index (χ3n) is 2.20. The molecule has 0 aliphatic heterocycles. The minimum Gasteiger partial charge on any atom is -0.200 e. The van der Waals surface area contributed by atoms with Crippen LogP contribution in [-0.2, 0) is 10.0 Å². The van der Waals surface area contributed by atoms with E-state index in [9.17, 15) is 8.42 Å². The lowest BCUT2D eigenvalue weighted by Crippen LogP contribution is -2.07. The number of sulfonamides is 1. The molecule has 2 aromatic rings.